The smallest absolute Gasteiger partial charge is 0.305 e. The standard InChI is InChI=1S/C10H13NO3S/c11-7(4-10(12)13)9-3-6-5-14-2-1-8(6)15-9/h3,7H,1-2,4-5,11H2,(H,12,13). The van der Waals surface area contributed by atoms with E-state index in [9.17, 15) is 4.79 Å². The van der Waals surface area contributed by atoms with Crippen molar-refractivity contribution in [3.05, 3.63) is 21.4 Å². The minimum atomic E-state index is -0.856. The Labute approximate surface area is 91.7 Å². The molecule has 1 aromatic heterocycles. The van der Waals surface area contributed by atoms with Crippen molar-refractivity contribution in [2.45, 2.75) is 25.5 Å². The van der Waals surface area contributed by atoms with Gasteiger partial charge in [0.15, 0.2) is 0 Å². The topological polar surface area (TPSA) is 72.6 Å². The maximum atomic E-state index is 10.5. The number of hydrogen-bond donors (Lipinski definition) is 2. The molecule has 15 heavy (non-hydrogen) atoms. The number of rotatable bonds is 3. The zero-order valence-electron chi connectivity index (χ0n) is 8.23. The van der Waals surface area contributed by atoms with Crippen LogP contribution in [0.3, 0.4) is 0 Å². The van der Waals surface area contributed by atoms with Crippen molar-refractivity contribution in [1.29, 1.82) is 0 Å². The third kappa shape index (κ3) is 2.37. The third-order valence-electron chi connectivity index (χ3n) is 2.41. The summed E-state index contributed by atoms with van der Waals surface area (Å²) in [6.07, 6.45) is 0.903. The highest BCUT2D eigenvalue weighted by molar-refractivity contribution is 7.12. The second-order valence-corrected chi connectivity index (χ2v) is 4.77. The van der Waals surface area contributed by atoms with E-state index in [1.54, 1.807) is 11.3 Å². The van der Waals surface area contributed by atoms with Gasteiger partial charge in [0.1, 0.15) is 0 Å². The van der Waals surface area contributed by atoms with Crippen molar-refractivity contribution in [3.8, 4) is 0 Å². The first-order chi connectivity index (χ1) is 7.16. The highest BCUT2D eigenvalue weighted by atomic mass is 32.1. The van der Waals surface area contributed by atoms with Gasteiger partial charge in [0, 0.05) is 22.2 Å². The average Bonchev–Trinajstić information content (AvgIpc) is 2.59. The van der Waals surface area contributed by atoms with Gasteiger partial charge in [-0.25, -0.2) is 0 Å². The molecule has 3 N–H and O–H groups in total. The normalized spacial score (nSPS) is 17.1. The van der Waals surface area contributed by atoms with E-state index in [2.05, 4.69) is 0 Å². The summed E-state index contributed by atoms with van der Waals surface area (Å²) in [5, 5.41) is 8.65. The molecule has 1 unspecified atom stereocenters. The molecule has 0 fully saturated rings. The minimum absolute atomic E-state index is 0.0136. The number of hydrogen-bond acceptors (Lipinski definition) is 4. The summed E-state index contributed by atoms with van der Waals surface area (Å²) in [4.78, 5) is 12.8. The van der Waals surface area contributed by atoms with Crippen molar-refractivity contribution in [1.82, 2.24) is 0 Å². The number of aliphatic carboxylic acids is 1. The van der Waals surface area contributed by atoms with Gasteiger partial charge in [-0.05, 0) is 11.6 Å². The van der Waals surface area contributed by atoms with Crippen LogP contribution >= 0.6 is 11.3 Å². The van der Waals surface area contributed by atoms with E-state index in [4.69, 9.17) is 15.6 Å². The lowest BCUT2D eigenvalue weighted by atomic mass is 10.1. The molecule has 1 aliphatic rings. The van der Waals surface area contributed by atoms with Gasteiger partial charge in [-0.1, -0.05) is 0 Å². The van der Waals surface area contributed by atoms with E-state index in [1.165, 1.54) is 10.4 Å². The van der Waals surface area contributed by atoms with E-state index in [-0.39, 0.29) is 6.42 Å². The number of thiophene rings is 1. The SMILES string of the molecule is NC(CC(=O)O)c1cc2c(s1)CCOC2. The lowest BCUT2D eigenvalue weighted by Gasteiger charge is -2.10. The molecule has 2 heterocycles. The summed E-state index contributed by atoms with van der Waals surface area (Å²) in [7, 11) is 0. The second-order valence-electron chi connectivity index (χ2n) is 3.60. The summed E-state index contributed by atoms with van der Waals surface area (Å²) >= 11 is 1.62. The molecule has 0 spiro atoms. The zero-order valence-corrected chi connectivity index (χ0v) is 9.05. The predicted octanol–water partition coefficient (Wildman–Crippen LogP) is 1.30. The maximum Gasteiger partial charge on any atom is 0.305 e. The van der Waals surface area contributed by atoms with E-state index in [0.717, 1.165) is 17.9 Å². The lowest BCUT2D eigenvalue weighted by Crippen LogP contribution is -2.13. The number of carboxylic acid groups (broad SMARTS) is 1. The van der Waals surface area contributed by atoms with Crippen LogP contribution in [0.4, 0.5) is 0 Å². The van der Waals surface area contributed by atoms with Crippen molar-refractivity contribution in [2.75, 3.05) is 6.61 Å². The van der Waals surface area contributed by atoms with Crippen LogP contribution in [0, 0.1) is 0 Å². The Bertz CT molecular complexity index is 351. The van der Waals surface area contributed by atoms with Gasteiger partial charge in [0.25, 0.3) is 0 Å². The number of carboxylic acids is 1. The van der Waals surface area contributed by atoms with Crippen molar-refractivity contribution in [2.24, 2.45) is 5.73 Å². The summed E-state index contributed by atoms with van der Waals surface area (Å²) in [6, 6.07) is 1.59. The fourth-order valence-electron chi connectivity index (χ4n) is 1.64. The molecule has 4 nitrogen and oxygen atoms in total. The Balaban J connectivity index is 2.15. The Morgan fingerprint density at radius 2 is 2.53 bits per heavy atom. The molecule has 0 amide bonds. The van der Waals surface area contributed by atoms with Gasteiger partial charge in [0.05, 0.1) is 19.6 Å². The number of carbonyl (C=O) groups is 1. The summed E-state index contributed by atoms with van der Waals surface area (Å²) in [6.45, 7) is 1.38. The van der Waals surface area contributed by atoms with Crippen molar-refractivity contribution >= 4 is 17.3 Å². The monoisotopic (exact) mass is 227 g/mol. The highest BCUT2D eigenvalue weighted by Crippen LogP contribution is 2.31. The first-order valence-electron chi connectivity index (χ1n) is 4.83. The highest BCUT2D eigenvalue weighted by Gasteiger charge is 2.18. The van der Waals surface area contributed by atoms with Gasteiger partial charge < -0.3 is 15.6 Å². The van der Waals surface area contributed by atoms with E-state index in [0.29, 0.717) is 6.61 Å². The second kappa shape index (κ2) is 4.30. The van der Waals surface area contributed by atoms with E-state index >= 15 is 0 Å². The van der Waals surface area contributed by atoms with Crippen LogP contribution in [-0.4, -0.2) is 17.7 Å². The molecule has 1 atom stereocenters. The molecule has 1 aromatic rings. The summed E-state index contributed by atoms with van der Waals surface area (Å²) in [5.74, 6) is -0.856. The fraction of sp³-hybridized carbons (Fsp3) is 0.500. The quantitative estimate of drug-likeness (QED) is 0.816. The lowest BCUT2D eigenvalue weighted by molar-refractivity contribution is -0.137. The minimum Gasteiger partial charge on any atom is -0.481 e. The summed E-state index contributed by atoms with van der Waals surface area (Å²) < 4.78 is 5.32. The van der Waals surface area contributed by atoms with Gasteiger partial charge >= 0.3 is 5.97 Å². The Morgan fingerprint density at radius 3 is 3.20 bits per heavy atom. The number of ether oxygens (including phenoxy) is 1. The molecule has 0 saturated heterocycles. The molecule has 82 valence electrons. The van der Waals surface area contributed by atoms with Gasteiger partial charge in [-0.2, -0.15) is 0 Å². The molecule has 5 heteroatoms. The van der Waals surface area contributed by atoms with Crippen LogP contribution in [-0.2, 0) is 22.6 Å². The molecule has 2 rings (SSSR count). The number of nitrogens with two attached hydrogens (primary N) is 1. The average molecular weight is 227 g/mol. The van der Waals surface area contributed by atoms with Gasteiger partial charge in [-0.15, -0.1) is 11.3 Å². The van der Waals surface area contributed by atoms with Crippen LogP contribution < -0.4 is 5.73 Å². The van der Waals surface area contributed by atoms with E-state index < -0.39 is 12.0 Å². The Morgan fingerprint density at radius 1 is 1.73 bits per heavy atom. The maximum absolute atomic E-state index is 10.5. The van der Waals surface area contributed by atoms with Gasteiger partial charge in [-0.3, -0.25) is 4.79 Å². The molecule has 1 aliphatic heterocycles. The predicted molar refractivity (Wildman–Crippen MR) is 56.9 cm³/mol. The molecule has 0 bridgehead atoms. The molecular weight excluding hydrogens is 214 g/mol. The van der Waals surface area contributed by atoms with Crippen LogP contribution in [0.25, 0.3) is 0 Å². The summed E-state index contributed by atoms with van der Waals surface area (Å²) in [5.41, 5.74) is 6.97. The van der Waals surface area contributed by atoms with Crippen molar-refractivity contribution < 1.29 is 14.6 Å². The molecule has 0 aliphatic carbocycles. The first kappa shape index (κ1) is 10.6. The molecular formula is C10H13NO3S. The Hall–Kier alpha value is -0.910. The molecule has 0 saturated carbocycles. The fourth-order valence-corrected chi connectivity index (χ4v) is 2.80. The first-order valence-corrected chi connectivity index (χ1v) is 5.65. The largest absolute Gasteiger partial charge is 0.481 e. The van der Waals surface area contributed by atoms with Gasteiger partial charge in [0.2, 0.25) is 0 Å². The molecule has 0 radical (unpaired) electrons. The van der Waals surface area contributed by atoms with Crippen LogP contribution in [0.2, 0.25) is 0 Å². The van der Waals surface area contributed by atoms with Crippen LogP contribution in [0.1, 0.15) is 27.8 Å². The third-order valence-corrected chi connectivity index (χ3v) is 3.78. The van der Waals surface area contributed by atoms with Crippen LogP contribution in [0.15, 0.2) is 6.07 Å². The zero-order chi connectivity index (χ0) is 10.8. The van der Waals surface area contributed by atoms with E-state index in [1.807, 2.05) is 6.07 Å². The Kier molecular flexibility index (Phi) is 3.04. The van der Waals surface area contributed by atoms with Crippen LogP contribution in [0.5, 0.6) is 0 Å². The van der Waals surface area contributed by atoms with Crippen molar-refractivity contribution in [3.63, 3.8) is 0 Å². The number of fused-ring (bicyclic) bond motifs is 1. The molecule has 0 aromatic carbocycles.